The largest absolute Gasteiger partial charge is 0.480 e. The molecule has 6 nitrogen and oxygen atoms in total. The molecule has 0 aliphatic rings. The summed E-state index contributed by atoms with van der Waals surface area (Å²) >= 11 is 3.24. The van der Waals surface area contributed by atoms with Crippen LogP contribution in [0.3, 0.4) is 0 Å². The number of carbonyl (C=O) groups is 2. The van der Waals surface area contributed by atoms with Gasteiger partial charge in [-0.15, -0.1) is 0 Å². The monoisotopic (exact) mass is 397 g/mol. The summed E-state index contributed by atoms with van der Waals surface area (Å²) in [6.45, 7) is -0.502. The molecule has 0 unspecified atom stereocenters. The summed E-state index contributed by atoms with van der Waals surface area (Å²) in [5.74, 6) is -1.74. The summed E-state index contributed by atoms with van der Waals surface area (Å²) in [7, 11) is -3.67. The fourth-order valence-corrected chi connectivity index (χ4v) is 3.32. The van der Waals surface area contributed by atoms with Gasteiger partial charge >= 0.3 is 5.97 Å². The Bertz CT molecular complexity index is 829. The number of benzene rings is 2. The molecular formula is C15H12BrNO5S. The summed E-state index contributed by atoms with van der Waals surface area (Å²) in [6.07, 6.45) is 0. The maximum atomic E-state index is 12.4. The van der Waals surface area contributed by atoms with Crippen LogP contribution in [-0.2, 0) is 14.6 Å². The molecule has 2 N–H and O–H groups in total. The van der Waals surface area contributed by atoms with E-state index in [-0.39, 0.29) is 15.4 Å². The highest BCUT2D eigenvalue weighted by Gasteiger charge is 2.18. The molecule has 0 atom stereocenters. The molecule has 2 aromatic carbocycles. The Balaban J connectivity index is 2.23. The molecule has 1 amide bonds. The third-order valence-electron chi connectivity index (χ3n) is 2.95. The van der Waals surface area contributed by atoms with Gasteiger partial charge in [0.05, 0.1) is 9.79 Å². The summed E-state index contributed by atoms with van der Waals surface area (Å²) < 4.78 is 25.7. The Kier molecular flexibility index (Phi) is 5.17. The van der Waals surface area contributed by atoms with E-state index in [9.17, 15) is 18.0 Å². The number of hydrogen-bond donors (Lipinski definition) is 2. The topological polar surface area (TPSA) is 101 Å². The predicted molar refractivity (Wildman–Crippen MR) is 86.0 cm³/mol. The lowest BCUT2D eigenvalue weighted by Crippen LogP contribution is -2.29. The van der Waals surface area contributed by atoms with Gasteiger partial charge in [0, 0.05) is 10.0 Å². The van der Waals surface area contributed by atoms with E-state index in [2.05, 4.69) is 21.2 Å². The summed E-state index contributed by atoms with van der Waals surface area (Å²) in [5, 5.41) is 10.7. The lowest BCUT2D eigenvalue weighted by Gasteiger charge is -2.06. The number of aliphatic carboxylic acids is 1. The van der Waals surface area contributed by atoms with Crippen molar-refractivity contribution in [2.24, 2.45) is 0 Å². The van der Waals surface area contributed by atoms with Crippen LogP contribution in [0, 0.1) is 0 Å². The van der Waals surface area contributed by atoms with Crippen LogP contribution < -0.4 is 5.32 Å². The minimum Gasteiger partial charge on any atom is -0.480 e. The Morgan fingerprint density at radius 2 is 1.43 bits per heavy atom. The van der Waals surface area contributed by atoms with Crippen molar-refractivity contribution >= 4 is 37.6 Å². The van der Waals surface area contributed by atoms with Crippen LogP contribution in [0.4, 0.5) is 0 Å². The van der Waals surface area contributed by atoms with Crippen molar-refractivity contribution in [1.29, 1.82) is 0 Å². The van der Waals surface area contributed by atoms with Gasteiger partial charge < -0.3 is 10.4 Å². The molecule has 0 saturated heterocycles. The van der Waals surface area contributed by atoms with E-state index in [1.54, 1.807) is 12.1 Å². The fourth-order valence-electron chi connectivity index (χ4n) is 1.79. The number of nitrogens with one attached hydrogen (secondary N) is 1. The van der Waals surface area contributed by atoms with E-state index in [0.717, 1.165) is 4.47 Å². The Hall–Kier alpha value is -2.19. The molecule has 0 aliphatic carbocycles. The first kappa shape index (κ1) is 17.2. The first-order valence-corrected chi connectivity index (χ1v) is 8.69. The van der Waals surface area contributed by atoms with Crippen molar-refractivity contribution in [2.75, 3.05) is 6.54 Å². The molecule has 0 aromatic heterocycles. The minimum atomic E-state index is -3.67. The molecule has 2 aromatic rings. The Labute approximate surface area is 141 Å². The average Bonchev–Trinajstić information content (AvgIpc) is 2.53. The van der Waals surface area contributed by atoms with Crippen LogP contribution >= 0.6 is 15.9 Å². The normalized spacial score (nSPS) is 11.0. The number of halogens is 1. The summed E-state index contributed by atoms with van der Waals surface area (Å²) in [5.41, 5.74) is 0.181. The van der Waals surface area contributed by atoms with Crippen molar-refractivity contribution in [2.45, 2.75) is 9.79 Å². The lowest BCUT2D eigenvalue weighted by atomic mass is 10.2. The van der Waals surface area contributed by atoms with Crippen molar-refractivity contribution in [1.82, 2.24) is 5.32 Å². The number of sulfone groups is 1. The molecule has 0 aliphatic heterocycles. The number of amides is 1. The van der Waals surface area contributed by atoms with Gasteiger partial charge in [0.1, 0.15) is 6.54 Å². The standard InChI is InChI=1S/C15H12BrNO5S/c16-11-3-7-13(8-4-11)23(21,22)12-5-1-10(2-6-12)15(20)17-9-14(18)19/h1-8H,9H2,(H,17,20)(H,18,19). The van der Waals surface area contributed by atoms with Crippen molar-refractivity contribution in [3.05, 3.63) is 58.6 Å². The van der Waals surface area contributed by atoms with Crippen LogP contribution in [0.5, 0.6) is 0 Å². The van der Waals surface area contributed by atoms with E-state index >= 15 is 0 Å². The Morgan fingerprint density at radius 3 is 1.91 bits per heavy atom. The third kappa shape index (κ3) is 4.17. The molecule has 0 saturated carbocycles. The summed E-state index contributed by atoms with van der Waals surface area (Å²) in [6, 6.07) is 11.5. The predicted octanol–water partition coefficient (Wildman–Crippen LogP) is 2.10. The molecule has 120 valence electrons. The second-order valence-corrected chi connectivity index (χ2v) is 7.42. The third-order valence-corrected chi connectivity index (χ3v) is 5.27. The zero-order chi connectivity index (χ0) is 17.0. The first-order valence-electron chi connectivity index (χ1n) is 6.41. The lowest BCUT2D eigenvalue weighted by molar-refractivity contribution is -0.135. The van der Waals surface area contributed by atoms with Gasteiger partial charge in [-0.05, 0) is 48.5 Å². The average molecular weight is 398 g/mol. The number of rotatable bonds is 5. The second kappa shape index (κ2) is 6.93. The van der Waals surface area contributed by atoms with Gasteiger partial charge in [-0.25, -0.2) is 8.42 Å². The molecule has 8 heteroatoms. The number of hydrogen-bond acceptors (Lipinski definition) is 4. The molecule has 23 heavy (non-hydrogen) atoms. The highest BCUT2D eigenvalue weighted by atomic mass is 79.9. The second-order valence-electron chi connectivity index (χ2n) is 4.56. The van der Waals surface area contributed by atoms with Gasteiger partial charge in [0.15, 0.2) is 0 Å². The van der Waals surface area contributed by atoms with Crippen molar-refractivity contribution in [3.8, 4) is 0 Å². The van der Waals surface area contributed by atoms with Crippen LogP contribution in [-0.4, -0.2) is 31.9 Å². The van der Waals surface area contributed by atoms with Crippen molar-refractivity contribution in [3.63, 3.8) is 0 Å². The minimum absolute atomic E-state index is 0.0506. The molecule has 0 radical (unpaired) electrons. The van der Waals surface area contributed by atoms with Gasteiger partial charge in [-0.2, -0.15) is 0 Å². The van der Waals surface area contributed by atoms with E-state index in [0.29, 0.717) is 0 Å². The van der Waals surface area contributed by atoms with Gasteiger partial charge in [-0.1, -0.05) is 15.9 Å². The summed E-state index contributed by atoms with van der Waals surface area (Å²) in [4.78, 5) is 22.3. The smallest absolute Gasteiger partial charge is 0.322 e. The number of carbonyl (C=O) groups excluding carboxylic acids is 1. The van der Waals surface area contributed by atoms with Gasteiger partial charge in [-0.3, -0.25) is 9.59 Å². The zero-order valence-electron chi connectivity index (χ0n) is 11.7. The number of carboxylic acid groups (broad SMARTS) is 1. The Morgan fingerprint density at radius 1 is 0.957 bits per heavy atom. The van der Waals surface area contributed by atoms with Crippen molar-refractivity contribution < 1.29 is 23.1 Å². The first-order chi connectivity index (χ1) is 10.8. The zero-order valence-corrected chi connectivity index (χ0v) is 14.1. The quantitative estimate of drug-likeness (QED) is 0.804. The molecule has 0 spiro atoms. The fraction of sp³-hybridized carbons (Fsp3) is 0.0667. The van der Waals surface area contributed by atoms with E-state index in [1.807, 2.05) is 0 Å². The molecule has 0 fully saturated rings. The highest BCUT2D eigenvalue weighted by molar-refractivity contribution is 9.10. The highest BCUT2D eigenvalue weighted by Crippen LogP contribution is 2.22. The van der Waals surface area contributed by atoms with Gasteiger partial charge in [0.25, 0.3) is 5.91 Å². The molecule has 0 heterocycles. The maximum absolute atomic E-state index is 12.4. The maximum Gasteiger partial charge on any atom is 0.322 e. The van der Waals surface area contributed by atoms with E-state index in [4.69, 9.17) is 5.11 Å². The van der Waals surface area contributed by atoms with Crippen LogP contribution in [0.2, 0.25) is 0 Å². The van der Waals surface area contributed by atoms with E-state index in [1.165, 1.54) is 36.4 Å². The van der Waals surface area contributed by atoms with Gasteiger partial charge in [0.2, 0.25) is 9.84 Å². The molecule has 0 bridgehead atoms. The van der Waals surface area contributed by atoms with Crippen LogP contribution in [0.1, 0.15) is 10.4 Å². The SMILES string of the molecule is O=C(O)CNC(=O)c1ccc(S(=O)(=O)c2ccc(Br)cc2)cc1. The van der Waals surface area contributed by atoms with E-state index < -0.39 is 28.3 Å². The van der Waals surface area contributed by atoms with Crippen LogP contribution in [0.15, 0.2) is 62.8 Å². The molecular weight excluding hydrogens is 386 g/mol. The van der Waals surface area contributed by atoms with Crippen LogP contribution in [0.25, 0.3) is 0 Å². The number of carboxylic acids is 1. The molecule has 2 rings (SSSR count).